The second kappa shape index (κ2) is 11.9. The van der Waals surface area contributed by atoms with E-state index in [0.29, 0.717) is 28.4 Å². The van der Waals surface area contributed by atoms with Gasteiger partial charge in [-0.2, -0.15) is 0 Å². The fourth-order valence-electron chi connectivity index (χ4n) is 3.32. The van der Waals surface area contributed by atoms with Crippen molar-refractivity contribution in [3.63, 3.8) is 0 Å². The molecule has 0 amide bonds. The molecule has 0 saturated heterocycles. The van der Waals surface area contributed by atoms with Crippen LogP contribution in [0.1, 0.15) is 46.7 Å². The molecule has 0 fully saturated rings. The molecule has 1 heterocycles. The summed E-state index contributed by atoms with van der Waals surface area (Å²) in [4.78, 5) is 28.6. The Balaban J connectivity index is 1.61. The Labute approximate surface area is 205 Å². The number of aliphatic carboxylic acids is 1. The molecule has 2 N–H and O–H groups in total. The van der Waals surface area contributed by atoms with Crippen LogP contribution in [0.25, 0.3) is 0 Å². The fraction of sp³-hybridized carbons (Fsp3) is 0.280. The monoisotopic (exact) mass is 502 g/mol. The van der Waals surface area contributed by atoms with Gasteiger partial charge in [0.15, 0.2) is 17.3 Å². The van der Waals surface area contributed by atoms with Gasteiger partial charge in [0.1, 0.15) is 11.6 Å². The van der Waals surface area contributed by atoms with E-state index in [-0.39, 0.29) is 30.9 Å². The average molecular weight is 503 g/mol. The third kappa shape index (κ3) is 6.95. The van der Waals surface area contributed by atoms with Crippen molar-refractivity contribution in [2.24, 2.45) is 0 Å². The molecule has 3 rings (SSSR count). The second-order valence-corrected chi connectivity index (χ2v) is 9.30. The molecule has 9 heteroatoms. The molecule has 6 nitrogen and oxygen atoms in total. The zero-order chi connectivity index (χ0) is 24.7. The standard InChI is InChI=1S/C25H24ClFN2O4S/c1-2-19(25-29-13-18(34-25)8-10-23(31)32)24(28)21(30)12-16-5-9-22(20(27)11-16)33-14-15-3-6-17(26)7-4-15/h3-7,9,11,13,19,28H,2,8,10,12,14H2,1H3,(H,31,32). The number of rotatable bonds is 12. The van der Waals surface area contributed by atoms with Crippen LogP contribution >= 0.6 is 22.9 Å². The van der Waals surface area contributed by atoms with E-state index in [2.05, 4.69) is 4.98 Å². The summed E-state index contributed by atoms with van der Waals surface area (Å²) in [6.07, 6.45) is 2.35. The van der Waals surface area contributed by atoms with Crippen LogP contribution in [0.5, 0.6) is 5.75 Å². The van der Waals surface area contributed by atoms with Crippen LogP contribution < -0.4 is 4.74 Å². The quantitative estimate of drug-likeness (QED) is 0.302. The number of aromatic nitrogens is 1. The lowest BCUT2D eigenvalue weighted by molar-refractivity contribution is -0.136. The first kappa shape index (κ1) is 25.5. The van der Waals surface area contributed by atoms with Crippen LogP contribution in [0.15, 0.2) is 48.7 Å². The first-order valence-corrected chi connectivity index (χ1v) is 11.9. The van der Waals surface area contributed by atoms with Gasteiger partial charge in [0.25, 0.3) is 0 Å². The average Bonchev–Trinajstić information content (AvgIpc) is 3.27. The summed E-state index contributed by atoms with van der Waals surface area (Å²) in [7, 11) is 0. The Morgan fingerprint density at radius 2 is 1.91 bits per heavy atom. The number of ether oxygens (including phenoxy) is 1. The molecule has 0 aliphatic heterocycles. The van der Waals surface area contributed by atoms with Gasteiger partial charge in [-0.1, -0.05) is 36.7 Å². The van der Waals surface area contributed by atoms with Crippen molar-refractivity contribution in [3.8, 4) is 5.75 Å². The predicted octanol–water partition coefficient (Wildman–Crippen LogP) is 5.86. The van der Waals surface area contributed by atoms with Crippen LogP contribution in [0.3, 0.4) is 0 Å². The Bertz CT molecular complexity index is 1180. The Morgan fingerprint density at radius 1 is 1.21 bits per heavy atom. The number of carbonyl (C=O) groups excluding carboxylic acids is 1. The molecule has 0 bridgehead atoms. The van der Waals surface area contributed by atoms with Gasteiger partial charge in [-0.15, -0.1) is 11.3 Å². The third-order valence-electron chi connectivity index (χ3n) is 5.18. The smallest absolute Gasteiger partial charge is 0.303 e. The van der Waals surface area contributed by atoms with Crippen molar-refractivity contribution >= 4 is 40.4 Å². The number of Topliss-reactive ketones (excluding diaryl/α,β-unsaturated/α-hetero) is 1. The van der Waals surface area contributed by atoms with Crippen LogP contribution in [0, 0.1) is 11.2 Å². The molecule has 178 valence electrons. The third-order valence-corrected chi connectivity index (χ3v) is 6.60. The highest BCUT2D eigenvalue weighted by atomic mass is 35.5. The number of hydrogen-bond donors (Lipinski definition) is 2. The predicted molar refractivity (Wildman–Crippen MR) is 130 cm³/mol. The maximum Gasteiger partial charge on any atom is 0.303 e. The maximum absolute atomic E-state index is 14.5. The minimum Gasteiger partial charge on any atom is -0.486 e. The number of benzene rings is 2. The van der Waals surface area contributed by atoms with Crippen molar-refractivity contribution in [2.45, 2.75) is 45.1 Å². The minimum absolute atomic E-state index is 0.000223. The van der Waals surface area contributed by atoms with Gasteiger partial charge in [-0.3, -0.25) is 9.59 Å². The molecular weight excluding hydrogens is 479 g/mol. The van der Waals surface area contributed by atoms with E-state index in [1.54, 1.807) is 36.5 Å². The van der Waals surface area contributed by atoms with Gasteiger partial charge in [0, 0.05) is 22.5 Å². The first-order valence-electron chi connectivity index (χ1n) is 10.7. The van der Waals surface area contributed by atoms with Crippen molar-refractivity contribution in [3.05, 3.63) is 80.5 Å². The molecule has 34 heavy (non-hydrogen) atoms. The van der Waals surface area contributed by atoms with Gasteiger partial charge in [0.05, 0.1) is 18.1 Å². The normalized spacial score (nSPS) is 11.7. The van der Waals surface area contributed by atoms with Crippen molar-refractivity contribution in [1.29, 1.82) is 5.41 Å². The number of nitrogens with zero attached hydrogens (tertiary/aromatic N) is 1. The van der Waals surface area contributed by atoms with Crippen molar-refractivity contribution in [2.75, 3.05) is 0 Å². The molecule has 3 aromatic rings. The first-order chi connectivity index (χ1) is 16.3. The Hall–Kier alpha value is -3.10. The Kier molecular flexibility index (Phi) is 8.90. The summed E-state index contributed by atoms with van der Waals surface area (Å²) < 4.78 is 20.1. The lowest BCUT2D eigenvalue weighted by Crippen LogP contribution is -2.23. The summed E-state index contributed by atoms with van der Waals surface area (Å²) in [5.41, 5.74) is 1.20. The molecule has 1 aromatic heterocycles. The maximum atomic E-state index is 14.5. The van der Waals surface area contributed by atoms with Crippen LogP contribution in [-0.4, -0.2) is 27.6 Å². The number of thiazole rings is 1. The lowest BCUT2D eigenvalue weighted by atomic mass is 9.94. The zero-order valence-corrected chi connectivity index (χ0v) is 20.1. The van der Waals surface area contributed by atoms with Gasteiger partial charge >= 0.3 is 5.97 Å². The summed E-state index contributed by atoms with van der Waals surface area (Å²) >= 11 is 7.17. The number of ketones is 1. The van der Waals surface area contributed by atoms with Gasteiger partial charge in [0.2, 0.25) is 0 Å². The summed E-state index contributed by atoms with van der Waals surface area (Å²) in [5, 5.41) is 18.4. The molecule has 0 saturated carbocycles. The molecule has 2 aromatic carbocycles. The number of nitrogens with one attached hydrogen (secondary N) is 1. The number of aryl methyl sites for hydroxylation is 1. The molecule has 0 radical (unpaired) electrons. The summed E-state index contributed by atoms with van der Waals surface area (Å²) in [6, 6.07) is 11.4. The van der Waals surface area contributed by atoms with Gasteiger partial charge < -0.3 is 15.3 Å². The molecule has 1 unspecified atom stereocenters. The van der Waals surface area contributed by atoms with E-state index in [1.165, 1.54) is 23.5 Å². The molecule has 0 spiro atoms. The molecule has 0 aliphatic carbocycles. The van der Waals surface area contributed by atoms with Gasteiger partial charge in [-0.05, 0) is 48.2 Å². The van der Waals surface area contributed by atoms with E-state index < -0.39 is 23.5 Å². The number of carbonyl (C=O) groups is 2. The summed E-state index contributed by atoms with van der Waals surface area (Å²) in [6.45, 7) is 2.04. The highest BCUT2D eigenvalue weighted by Crippen LogP contribution is 2.28. The van der Waals surface area contributed by atoms with E-state index >= 15 is 0 Å². The number of carboxylic acids is 1. The van der Waals surface area contributed by atoms with E-state index in [1.807, 2.05) is 6.92 Å². The second-order valence-electron chi connectivity index (χ2n) is 7.71. The van der Waals surface area contributed by atoms with Gasteiger partial charge in [-0.25, -0.2) is 9.37 Å². The Morgan fingerprint density at radius 3 is 2.56 bits per heavy atom. The van der Waals surface area contributed by atoms with E-state index in [0.717, 1.165) is 10.4 Å². The molecule has 0 aliphatic rings. The number of carboxylic acid groups (broad SMARTS) is 1. The minimum atomic E-state index is -0.890. The topological polar surface area (TPSA) is 100 Å². The fourth-order valence-corrected chi connectivity index (χ4v) is 4.56. The van der Waals surface area contributed by atoms with Crippen LogP contribution in [0.2, 0.25) is 5.02 Å². The van der Waals surface area contributed by atoms with Crippen LogP contribution in [0.4, 0.5) is 4.39 Å². The van der Waals surface area contributed by atoms with Crippen molar-refractivity contribution < 1.29 is 23.8 Å². The van der Waals surface area contributed by atoms with E-state index in [9.17, 15) is 14.0 Å². The number of halogens is 2. The zero-order valence-electron chi connectivity index (χ0n) is 18.5. The highest BCUT2D eigenvalue weighted by Gasteiger charge is 2.24. The van der Waals surface area contributed by atoms with Crippen molar-refractivity contribution in [1.82, 2.24) is 4.98 Å². The lowest BCUT2D eigenvalue weighted by Gasteiger charge is -2.13. The molecular formula is C25H24ClFN2O4S. The molecule has 1 atom stereocenters. The SMILES string of the molecule is CCC(C(=N)C(=O)Cc1ccc(OCc2ccc(Cl)cc2)c(F)c1)c1ncc(CCC(=O)O)s1. The summed E-state index contributed by atoms with van der Waals surface area (Å²) in [5.74, 6) is -2.30. The number of hydrogen-bond acceptors (Lipinski definition) is 6. The van der Waals surface area contributed by atoms with E-state index in [4.69, 9.17) is 26.9 Å². The highest BCUT2D eigenvalue weighted by molar-refractivity contribution is 7.11. The van der Waals surface area contributed by atoms with Crippen LogP contribution in [-0.2, 0) is 29.0 Å². The largest absolute Gasteiger partial charge is 0.486 e.